The van der Waals surface area contributed by atoms with E-state index in [2.05, 4.69) is 5.32 Å². The predicted molar refractivity (Wildman–Crippen MR) is 38.1 cm³/mol. The minimum Gasteiger partial charge on any atom is -0.755 e. The van der Waals surface area contributed by atoms with E-state index in [0.29, 0.717) is 6.42 Å². The highest BCUT2D eigenvalue weighted by Crippen LogP contribution is 2.04. The molecule has 1 unspecified atom stereocenters. The van der Waals surface area contributed by atoms with Crippen LogP contribution >= 0.6 is 0 Å². The fraction of sp³-hybridized carbons (Fsp3) is 0.800. The van der Waals surface area contributed by atoms with E-state index in [4.69, 9.17) is 0 Å². The second kappa shape index (κ2) is 3.80. The van der Waals surface area contributed by atoms with Crippen LogP contribution in [0.3, 0.4) is 0 Å². The monoisotopic (exact) mass is 177 g/mol. The van der Waals surface area contributed by atoms with Crippen LogP contribution in [0.5, 0.6) is 0 Å². The third-order valence-corrected chi connectivity index (χ3v) is 1.93. The van der Waals surface area contributed by atoms with E-state index in [1.807, 2.05) is 0 Å². The highest BCUT2D eigenvalue weighted by molar-refractivity contribution is 7.77. The molecule has 1 aliphatic heterocycles. The van der Waals surface area contributed by atoms with Crippen LogP contribution in [0.4, 0.5) is 0 Å². The highest BCUT2D eigenvalue weighted by Gasteiger charge is 2.21. The van der Waals surface area contributed by atoms with Crippen molar-refractivity contribution < 1.29 is 13.6 Å². The van der Waals surface area contributed by atoms with Gasteiger partial charge in [0.1, 0.15) is 0 Å². The second-order valence-electron chi connectivity index (χ2n) is 2.35. The Morgan fingerprint density at radius 3 is 2.91 bits per heavy atom. The maximum Gasteiger partial charge on any atom is 0.247 e. The molecule has 0 bridgehead atoms. The fourth-order valence-corrected chi connectivity index (χ4v) is 1.37. The highest BCUT2D eigenvalue weighted by atomic mass is 32.2. The van der Waals surface area contributed by atoms with Crippen molar-refractivity contribution in [2.75, 3.05) is 6.54 Å². The molecule has 1 amide bonds. The van der Waals surface area contributed by atoms with E-state index in [-0.39, 0.29) is 6.04 Å². The first-order chi connectivity index (χ1) is 5.20. The first-order valence-corrected chi connectivity index (χ1v) is 4.41. The summed E-state index contributed by atoms with van der Waals surface area (Å²) < 4.78 is 21.8. The van der Waals surface area contributed by atoms with Crippen LogP contribution in [0, 0.1) is 0 Å². The van der Waals surface area contributed by atoms with Crippen LogP contribution in [-0.2, 0) is 16.1 Å². The van der Waals surface area contributed by atoms with Gasteiger partial charge in [0.2, 0.25) is 5.91 Å². The molecule has 1 aliphatic rings. The summed E-state index contributed by atoms with van der Waals surface area (Å²) in [6.07, 6.45) is 1.63. The molecule has 6 heteroatoms. The summed E-state index contributed by atoms with van der Waals surface area (Å²) in [5, 5.41) is 2.88. The lowest BCUT2D eigenvalue weighted by Crippen LogP contribution is -2.40. The van der Waals surface area contributed by atoms with Gasteiger partial charge in [0.05, 0.1) is 6.04 Å². The predicted octanol–water partition coefficient (Wildman–Crippen LogP) is -1.35. The largest absolute Gasteiger partial charge is 0.755 e. The zero-order valence-electron chi connectivity index (χ0n) is 5.83. The molecule has 5 nitrogen and oxygen atoms in total. The quantitative estimate of drug-likeness (QED) is 0.511. The van der Waals surface area contributed by atoms with Crippen molar-refractivity contribution in [1.82, 2.24) is 10.0 Å². The van der Waals surface area contributed by atoms with Crippen molar-refractivity contribution >= 4 is 17.2 Å². The Bertz CT molecular complexity index is 179. The van der Waals surface area contributed by atoms with Gasteiger partial charge in [0.25, 0.3) is 0 Å². The van der Waals surface area contributed by atoms with E-state index in [1.165, 1.54) is 0 Å². The minimum absolute atomic E-state index is 0.326. The Morgan fingerprint density at radius 2 is 2.45 bits per heavy atom. The van der Waals surface area contributed by atoms with Crippen molar-refractivity contribution in [1.29, 1.82) is 0 Å². The Morgan fingerprint density at radius 1 is 1.73 bits per heavy atom. The molecule has 1 rings (SSSR count). The van der Waals surface area contributed by atoms with Crippen molar-refractivity contribution in [3.63, 3.8) is 0 Å². The minimum atomic E-state index is -2.48. The summed E-state index contributed by atoms with van der Waals surface area (Å²) in [6, 6.07) is -0.326. The molecule has 2 N–H and O–H groups in total. The van der Waals surface area contributed by atoms with Crippen LogP contribution in [-0.4, -0.2) is 27.3 Å². The number of hydrogen-bond acceptors (Lipinski definition) is 4. The lowest BCUT2D eigenvalue weighted by molar-refractivity contribution is -0.121. The summed E-state index contributed by atoms with van der Waals surface area (Å²) in [4.78, 5) is 10.9. The standard InChI is InChI=1S/C5H10N2O3S/c8-5(7-11(9)10)4-2-1-3-6-4/h4,6H,1-3H2,(H,7,8)(H,9,10)/p-1/t4-/m0/s1. The zero-order valence-corrected chi connectivity index (χ0v) is 6.65. The van der Waals surface area contributed by atoms with Gasteiger partial charge in [0.15, 0.2) is 0 Å². The number of carbonyl (C=O) groups is 1. The van der Waals surface area contributed by atoms with Gasteiger partial charge in [0, 0.05) is 11.3 Å². The molecular weight excluding hydrogens is 168 g/mol. The molecule has 0 radical (unpaired) electrons. The maximum absolute atomic E-state index is 10.9. The number of amides is 1. The molecule has 0 spiro atoms. The fourth-order valence-electron chi connectivity index (χ4n) is 1.06. The van der Waals surface area contributed by atoms with E-state index in [9.17, 15) is 13.6 Å². The first-order valence-electron chi connectivity index (χ1n) is 3.33. The number of carbonyl (C=O) groups excluding carboxylic acids is 1. The molecule has 0 aromatic rings. The Labute approximate surface area is 67.0 Å². The van der Waals surface area contributed by atoms with E-state index >= 15 is 0 Å². The molecule has 0 saturated carbocycles. The molecule has 1 heterocycles. The lowest BCUT2D eigenvalue weighted by atomic mass is 10.2. The van der Waals surface area contributed by atoms with E-state index < -0.39 is 17.2 Å². The van der Waals surface area contributed by atoms with Gasteiger partial charge in [-0.3, -0.25) is 13.7 Å². The summed E-state index contributed by atoms with van der Waals surface area (Å²) in [6.45, 7) is 0.781. The van der Waals surface area contributed by atoms with Gasteiger partial charge in [-0.15, -0.1) is 0 Å². The first kappa shape index (κ1) is 8.63. The number of rotatable bonds is 2. The second-order valence-corrected chi connectivity index (χ2v) is 3.02. The molecule has 0 aliphatic carbocycles. The molecule has 64 valence electrons. The smallest absolute Gasteiger partial charge is 0.247 e. The molecule has 11 heavy (non-hydrogen) atoms. The molecule has 2 atom stereocenters. The summed E-state index contributed by atoms with van der Waals surface area (Å²) >= 11 is -2.48. The third kappa shape index (κ3) is 2.57. The van der Waals surface area contributed by atoms with Crippen molar-refractivity contribution in [2.45, 2.75) is 18.9 Å². The lowest BCUT2D eigenvalue weighted by Gasteiger charge is -2.11. The summed E-state index contributed by atoms with van der Waals surface area (Å²) in [5.74, 6) is -0.462. The average molecular weight is 177 g/mol. The molecule has 0 aromatic heterocycles. The molecule has 1 fully saturated rings. The summed E-state index contributed by atoms with van der Waals surface area (Å²) in [5.41, 5.74) is 0. The number of hydrogen-bond donors (Lipinski definition) is 2. The zero-order chi connectivity index (χ0) is 8.27. The maximum atomic E-state index is 10.9. The van der Waals surface area contributed by atoms with Gasteiger partial charge in [-0.2, -0.15) is 0 Å². The van der Waals surface area contributed by atoms with Gasteiger partial charge < -0.3 is 9.87 Å². The Balaban J connectivity index is 2.34. The van der Waals surface area contributed by atoms with E-state index in [1.54, 1.807) is 4.72 Å². The summed E-state index contributed by atoms with van der Waals surface area (Å²) in [7, 11) is 0. The molecule has 1 saturated heterocycles. The van der Waals surface area contributed by atoms with Gasteiger partial charge in [-0.05, 0) is 19.4 Å². The molecule has 0 aromatic carbocycles. The van der Waals surface area contributed by atoms with Crippen LogP contribution in [0.1, 0.15) is 12.8 Å². The van der Waals surface area contributed by atoms with Crippen molar-refractivity contribution in [3.05, 3.63) is 0 Å². The van der Waals surface area contributed by atoms with Crippen LogP contribution in [0.25, 0.3) is 0 Å². The van der Waals surface area contributed by atoms with Crippen LogP contribution < -0.4 is 10.0 Å². The SMILES string of the molecule is O=C(NS(=O)[O-])[C@@H]1CCCN1. The number of nitrogens with one attached hydrogen (secondary N) is 2. The van der Waals surface area contributed by atoms with Gasteiger partial charge >= 0.3 is 0 Å². The van der Waals surface area contributed by atoms with Crippen molar-refractivity contribution in [3.8, 4) is 0 Å². The topological polar surface area (TPSA) is 81.3 Å². The normalized spacial score (nSPS) is 26.5. The Hall–Kier alpha value is -0.460. The van der Waals surface area contributed by atoms with Gasteiger partial charge in [-0.25, -0.2) is 0 Å². The van der Waals surface area contributed by atoms with Crippen LogP contribution in [0.2, 0.25) is 0 Å². The Kier molecular flexibility index (Phi) is 2.98. The van der Waals surface area contributed by atoms with E-state index in [0.717, 1.165) is 13.0 Å². The van der Waals surface area contributed by atoms with Gasteiger partial charge in [-0.1, -0.05) is 0 Å². The van der Waals surface area contributed by atoms with Crippen molar-refractivity contribution in [2.24, 2.45) is 0 Å². The van der Waals surface area contributed by atoms with Crippen LogP contribution in [0.15, 0.2) is 0 Å². The molecular formula is C5H9N2O3S-. The third-order valence-electron chi connectivity index (χ3n) is 1.56. The average Bonchev–Trinajstić information content (AvgIpc) is 2.35.